The molecule has 0 aliphatic carbocycles. The van der Waals surface area contributed by atoms with E-state index in [1.165, 1.54) is 36.0 Å². The average Bonchev–Trinajstić information content (AvgIpc) is 2.53. The molecule has 0 aliphatic rings. The van der Waals surface area contributed by atoms with Crippen molar-refractivity contribution in [3.05, 3.63) is 59.1 Å². The SMILES string of the molecule is O=C(O)CSc1cccc(CCNS(=O)(=O)c2ccc(Cl)cc2)c1. The molecule has 2 aromatic carbocycles. The number of nitrogens with one attached hydrogen (secondary N) is 1. The molecule has 0 saturated heterocycles. The van der Waals surface area contributed by atoms with Gasteiger partial charge in [0.25, 0.3) is 0 Å². The smallest absolute Gasteiger partial charge is 0.313 e. The lowest BCUT2D eigenvalue weighted by Crippen LogP contribution is -2.25. The van der Waals surface area contributed by atoms with E-state index in [-0.39, 0.29) is 17.2 Å². The van der Waals surface area contributed by atoms with Crippen LogP contribution in [0.3, 0.4) is 0 Å². The van der Waals surface area contributed by atoms with E-state index in [4.69, 9.17) is 16.7 Å². The Morgan fingerprint density at radius 3 is 2.54 bits per heavy atom. The van der Waals surface area contributed by atoms with Crippen LogP contribution in [0.5, 0.6) is 0 Å². The molecular weight excluding hydrogens is 370 g/mol. The number of hydrogen-bond donors (Lipinski definition) is 2. The monoisotopic (exact) mass is 385 g/mol. The van der Waals surface area contributed by atoms with Crippen molar-refractivity contribution in [1.29, 1.82) is 0 Å². The summed E-state index contributed by atoms with van der Waals surface area (Å²) in [5.74, 6) is -0.881. The first-order valence-corrected chi connectivity index (χ1v) is 9.90. The number of hydrogen-bond acceptors (Lipinski definition) is 4. The van der Waals surface area contributed by atoms with Crippen LogP contribution in [0, 0.1) is 0 Å². The van der Waals surface area contributed by atoms with Gasteiger partial charge in [0.15, 0.2) is 0 Å². The van der Waals surface area contributed by atoms with Crippen LogP contribution in [0.25, 0.3) is 0 Å². The molecule has 2 N–H and O–H groups in total. The zero-order chi connectivity index (χ0) is 17.6. The molecule has 8 heteroatoms. The summed E-state index contributed by atoms with van der Waals surface area (Å²) in [5.41, 5.74) is 0.934. The van der Waals surface area contributed by atoms with Gasteiger partial charge in [0.2, 0.25) is 10.0 Å². The van der Waals surface area contributed by atoms with Crippen LogP contribution in [0.1, 0.15) is 5.56 Å². The summed E-state index contributed by atoms with van der Waals surface area (Å²) >= 11 is 6.98. The molecule has 2 aromatic rings. The van der Waals surface area contributed by atoms with Crippen molar-refractivity contribution in [1.82, 2.24) is 4.72 Å². The lowest BCUT2D eigenvalue weighted by atomic mass is 10.2. The standard InChI is InChI=1S/C16H16ClNO4S2/c17-13-4-6-15(7-5-13)24(21,22)18-9-8-12-2-1-3-14(10-12)23-11-16(19)20/h1-7,10,18H,8-9,11H2,(H,19,20). The Hall–Kier alpha value is -1.54. The molecule has 5 nitrogen and oxygen atoms in total. The minimum atomic E-state index is -3.57. The van der Waals surface area contributed by atoms with Gasteiger partial charge in [-0.2, -0.15) is 0 Å². The summed E-state index contributed by atoms with van der Waals surface area (Å²) in [6, 6.07) is 13.4. The predicted octanol–water partition coefficient (Wildman–Crippen LogP) is 3.04. The molecule has 0 unspecified atom stereocenters. The van der Waals surface area contributed by atoms with Gasteiger partial charge in [0, 0.05) is 16.5 Å². The van der Waals surface area contributed by atoms with Gasteiger partial charge in [0.1, 0.15) is 0 Å². The van der Waals surface area contributed by atoms with Gasteiger partial charge in [-0.3, -0.25) is 4.79 Å². The molecule has 0 heterocycles. The highest BCUT2D eigenvalue weighted by atomic mass is 35.5. The largest absolute Gasteiger partial charge is 0.481 e. The third-order valence-electron chi connectivity index (χ3n) is 3.09. The normalized spacial score (nSPS) is 11.4. The Morgan fingerprint density at radius 1 is 1.17 bits per heavy atom. The molecule has 0 atom stereocenters. The molecule has 0 fully saturated rings. The lowest BCUT2D eigenvalue weighted by molar-refractivity contribution is -0.133. The van der Waals surface area contributed by atoms with Crippen molar-refractivity contribution in [3.63, 3.8) is 0 Å². The van der Waals surface area contributed by atoms with E-state index in [9.17, 15) is 13.2 Å². The number of aliphatic carboxylic acids is 1. The van der Waals surface area contributed by atoms with Gasteiger partial charge in [-0.05, 0) is 48.4 Å². The number of sulfonamides is 1. The van der Waals surface area contributed by atoms with Gasteiger partial charge in [-0.25, -0.2) is 13.1 Å². The summed E-state index contributed by atoms with van der Waals surface area (Å²) in [6.45, 7) is 0.248. The molecule has 2 rings (SSSR count). The van der Waals surface area contributed by atoms with Crippen LogP contribution < -0.4 is 4.72 Å². The van der Waals surface area contributed by atoms with Crippen molar-refractivity contribution in [2.75, 3.05) is 12.3 Å². The highest BCUT2D eigenvalue weighted by Crippen LogP contribution is 2.19. The molecule has 0 aliphatic heterocycles. The van der Waals surface area contributed by atoms with E-state index in [0.29, 0.717) is 11.4 Å². The fourth-order valence-electron chi connectivity index (χ4n) is 1.96. The molecule has 0 aromatic heterocycles. The highest BCUT2D eigenvalue weighted by Gasteiger charge is 2.13. The first-order valence-electron chi connectivity index (χ1n) is 7.05. The summed E-state index contributed by atoms with van der Waals surface area (Å²) in [5, 5.41) is 9.17. The van der Waals surface area contributed by atoms with E-state index < -0.39 is 16.0 Å². The van der Waals surface area contributed by atoms with Crippen LogP contribution >= 0.6 is 23.4 Å². The Kier molecular flexibility index (Phi) is 6.68. The van der Waals surface area contributed by atoms with Crippen molar-refractivity contribution in [3.8, 4) is 0 Å². The third kappa shape index (κ3) is 5.83. The minimum absolute atomic E-state index is 0.00729. The van der Waals surface area contributed by atoms with Crippen LogP contribution in [0.4, 0.5) is 0 Å². The topological polar surface area (TPSA) is 83.5 Å². The zero-order valence-electron chi connectivity index (χ0n) is 12.6. The number of carboxylic acid groups (broad SMARTS) is 1. The van der Waals surface area contributed by atoms with E-state index in [0.717, 1.165) is 10.5 Å². The van der Waals surface area contributed by atoms with Gasteiger partial charge >= 0.3 is 5.97 Å². The van der Waals surface area contributed by atoms with E-state index >= 15 is 0 Å². The molecule has 24 heavy (non-hydrogen) atoms. The average molecular weight is 386 g/mol. The second-order valence-corrected chi connectivity index (χ2v) is 8.18. The first kappa shape index (κ1) is 18.8. The fourth-order valence-corrected chi connectivity index (χ4v) is 3.82. The van der Waals surface area contributed by atoms with Gasteiger partial charge < -0.3 is 5.11 Å². The van der Waals surface area contributed by atoms with E-state index in [1.807, 2.05) is 24.3 Å². The number of carbonyl (C=O) groups is 1. The summed E-state index contributed by atoms with van der Waals surface area (Å²) in [6.07, 6.45) is 0.508. The predicted molar refractivity (Wildman–Crippen MR) is 95.1 cm³/mol. The molecule has 0 amide bonds. The van der Waals surface area contributed by atoms with Crippen molar-refractivity contribution in [2.45, 2.75) is 16.2 Å². The van der Waals surface area contributed by atoms with Crippen LogP contribution in [0.15, 0.2) is 58.3 Å². The van der Waals surface area contributed by atoms with Crippen LogP contribution in [0.2, 0.25) is 5.02 Å². The molecule has 0 spiro atoms. The third-order valence-corrected chi connectivity index (χ3v) is 5.80. The maximum atomic E-state index is 12.2. The van der Waals surface area contributed by atoms with E-state index in [2.05, 4.69) is 4.72 Å². The highest BCUT2D eigenvalue weighted by molar-refractivity contribution is 8.00. The second kappa shape index (κ2) is 8.53. The molecule has 0 saturated carbocycles. The van der Waals surface area contributed by atoms with Crippen molar-refractivity contribution in [2.24, 2.45) is 0 Å². The van der Waals surface area contributed by atoms with Gasteiger partial charge in [0.05, 0.1) is 10.6 Å². The van der Waals surface area contributed by atoms with Crippen LogP contribution in [-0.2, 0) is 21.2 Å². The quantitative estimate of drug-likeness (QED) is 0.682. The van der Waals surface area contributed by atoms with Crippen LogP contribution in [-0.4, -0.2) is 31.8 Å². The second-order valence-electron chi connectivity index (χ2n) is 4.93. The molecule has 0 radical (unpaired) electrons. The Labute approximate surface area is 150 Å². The van der Waals surface area contributed by atoms with E-state index in [1.54, 1.807) is 0 Å². The molecular formula is C16H16ClNO4S2. The van der Waals surface area contributed by atoms with Crippen molar-refractivity contribution < 1.29 is 18.3 Å². The summed E-state index contributed by atoms with van der Waals surface area (Å²) in [4.78, 5) is 11.6. The summed E-state index contributed by atoms with van der Waals surface area (Å²) in [7, 11) is -3.57. The number of carboxylic acids is 1. The number of thioether (sulfide) groups is 1. The fraction of sp³-hybridized carbons (Fsp3) is 0.188. The molecule has 0 bridgehead atoms. The zero-order valence-corrected chi connectivity index (χ0v) is 15.0. The lowest BCUT2D eigenvalue weighted by Gasteiger charge is -2.08. The summed E-state index contributed by atoms with van der Waals surface area (Å²) < 4.78 is 26.9. The first-order chi connectivity index (χ1) is 11.4. The van der Waals surface area contributed by atoms with Crippen molar-refractivity contribution >= 4 is 39.4 Å². The number of halogens is 1. The Balaban J connectivity index is 1.92. The number of benzene rings is 2. The minimum Gasteiger partial charge on any atom is -0.481 e. The Bertz CT molecular complexity index is 807. The Morgan fingerprint density at radius 2 is 1.88 bits per heavy atom. The number of rotatable bonds is 8. The molecule has 128 valence electrons. The maximum absolute atomic E-state index is 12.2. The van der Waals surface area contributed by atoms with Gasteiger partial charge in [-0.15, -0.1) is 11.8 Å². The van der Waals surface area contributed by atoms with Gasteiger partial charge in [-0.1, -0.05) is 23.7 Å². The maximum Gasteiger partial charge on any atom is 0.313 e.